The van der Waals surface area contributed by atoms with Gasteiger partial charge in [0.25, 0.3) is 5.91 Å². The Labute approximate surface area is 137 Å². The molecule has 1 aromatic carbocycles. The Balaban J connectivity index is 1.96. The Bertz CT molecular complexity index is 625. The van der Waals surface area contributed by atoms with Crippen LogP contribution in [0.1, 0.15) is 17.3 Å². The van der Waals surface area contributed by atoms with Gasteiger partial charge < -0.3 is 10.1 Å². The van der Waals surface area contributed by atoms with Gasteiger partial charge in [0.1, 0.15) is 0 Å². The van der Waals surface area contributed by atoms with Gasteiger partial charge in [-0.1, -0.05) is 0 Å². The Morgan fingerprint density at radius 1 is 1.26 bits per heavy atom. The van der Waals surface area contributed by atoms with Crippen molar-refractivity contribution >= 4 is 15.9 Å². The third-order valence-electron chi connectivity index (χ3n) is 3.89. The van der Waals surface area contributed by atoms with E-state index in [0.717, 1.165) is 13.1 Å². The normalized spacial score (nSPS) is 17.7. The van der Waals surface area contributed by atoms with Crippen LogP contribution in [0.25, 0.3) is 0 Å². The number of sulfonamides is 1. The van der Waals surface area contributed by atoms with Crippen LogP contribution in [0.5, 0.6) is 0 Å². The van der Waals surface area contributed by atoms with Gasteiger partial charge >= 0.3 is 0 Å². The van der Waals surface area contributed by atoms with Gasteiger partial charge in [0.15, 0.2) is 0 Å². The first kappa shape index (κ1) is 17.9. The molecule has 7 nitrogen and oxygen atoms in total. The van der Waals surface area contributed by atoms with Crippen LogP contribution in [0, 0.1) is 0 Å². The minimum Gasteiger partial charge on any atom is -0.379 e. The highest BCUT2D eigenvalue weighted by Crippen LogP contribution is 2.11. The summed E-state index contributed by atoms with van der Waals surface area (Å²) >= 11 is 0. The van der Waals surface area contributed by atoms with Crippen LogP contribution in [0.3, 0.4) is 0 Å². The van der Waals surface area contributed by atoms with Gasteiger partial charge in [-0.05, 0) is 31.2 Å². The maximum Gasteiger partial charge on any atom is 0.251 e. The molecule has 1 aliphatic rings. The number of hydrogen-bond donors (Lipinski definition) is 2. The molecule has 1 amide bonds. The van der Waals surface area contributed by atoms with E-state index in [-0.39, 0.29) is 16.8 Å². The van der Waals surface area contributed by atoms with E-state index in [4.69, 9.17) is 4.74 Å². The van der Waals surface area contributed by atoms with Crippen LogP contribution < -0.4 is 10.0 Å². The average Bonchev–Trinajstić information content (AvgIpc) is 2.60. The molecule has 2 N–H and O–H groups in total. The first-order chi connectivity index (χ1) is 10.9. The molecule has 1 fully saturated rings. The van der Waals surface area contributed by atoms with Gasteiger partial charge in [0.2, 0.25) is 10.0 Å². The van der Waals surface area contributed by atoms with Gasteiger partial charge in [-0.15, -0.1) is 0 Å². The zero-order chi connectivity index (χ0) is 16.9. The van der Waals surface area contributed by atoms with E-state index < -0.39 is 10.0 Å². The number of carbonyl (C=O) groups excluding carboxylic acids is 1. The third kappa shape index (κ3) is 4.74. The average molecular weight is 341 g/mol. The number of ether oxygens (including phenoxy) is 1. The predicted molar refractivity (Wildman–Crippen MR) is 86.9 cm³/mol. The lowest BCUT2D eigenvalue weighted by Crippen LogP contribution is -2.47. The van der Waals surface area contributed by atoms with Crippen molar-refractivity contribution < 1.29 is 17.9 Å². The second-order valence-corrected chi connectivity index (χ2v) is 7.22. The van der Waals surface area contributed by atoms with Crippen LogP contribution in [0.2, 0.25) is 0 Å². The van der Waals surface area contributed by atoms with Gasteiger partial charge in [-0.25, -0.2) is 13.1 Å². The minimum atomic E-state index is -3.58. The molecular weight excluding hydrogens is 318 g/mol. The fraction of sp³-hybridized carbons (Fsp3) is 0.533. The lowest BCUT2D eigenvalue weighted by molar-refractivity contribution is 0.0213. The zero-order valence-electron chi connectivity index (χ0n) is 13.4. The molecule has 0 spiro atoms. The zero-order valence-corrected chi connectivity index (χ0v) is 14.2. The molecule has 0 aromatic heterocycles. The Hall–Kier alpha value is -1.48. The maximum atomic E-state index is 12.3. The monoisotopic (exact) mass is 341 g/mol. The summed E-state index contributed by atoms with van der Waals surface area (Å²) < 4.78 is 32.5. The second-order valence-electron chi connectivity index (χ2n) is 5.45. The van der Waals surface area contributed by atoms with Crippen LogP contribution in [0.15, 0.2) is 29.2 Å². The van der Waals surface area contributed by atoms with E-state index in [1.54, 1.807) is 0 Å². The Kier molecular flexibility index (Phi) is 6.11. The van der Waals surface area contributed by atoms with Crippen LogP contribution >= 0.6 is 0 Å². The molecule has 1 saturated heterocycles. The summed E-state index contributed by atoms with van der Waals surface area (Å²) in [6, 6.07) is 5.97. The summed E-state index contributed by atoms with van der Waals surface area (Å²) in [4.78, 5) is 13.8. The number of nitrogens with one attached hydrogen (secondary N) is 2. The van der Waals surface area contributed by atoms with E-state index in [1.807, 2.05) is 6.92 Å². The van der Waals surface area contributed by atoms with Crippen molar-refractivity contribution in [2.75, 3.05) is 39.9 Å². The minimum absolute atomic E-state index is 0.0961. The highest BCUT2D eigenvalue weighted by Gasteiger charge is 2.20. The fourth-order valence-corrected chi connectivity index (χ4v) is 3.51. The van der Waals surface area contributed by atoms with Crippen molar-refractivity contribution in [2.45, 2.75) is 17.9 Å². The molecule has 2 rings (SSSR count). The van der Waals surface area contributed by atoms with E-state index in [2.05, 4.69) is 14.9 Å². The number of morpholine rings is 1. The molecule has 1 aromatic rings. The summed E-state index contributed by atoms with van der Waals surface area (Å²) in [6.45, 7) is 5.30. The van der Waals surface area contributed by atoms with Crippen LogP contribution in [0.4, 0.5) is 0 Å². The largest absolute Gasteiger partial charge is 0.379 e. The highest BCUT2D eigenvalue weighted by molar-refractivity contribution is 7.89. The van der Waals surface area contributed by atoms with Crippen LogP contribution in [-0.2, 0) is 14.8 Å². The number of carbonyl (C=O) groups is 1. The molecule has 0 aliphatic carbocycles. The van der Waals surface area contributed by atoms with E-state index in [9.17, 15) is 13.2 Å². The molecule has 1 aliphatic heterocycles. The molecular formula is C15H23N3O4S. The van der Waals surface area contributed by atoms with Crippen molar-refractivity contribution in [1.82, 2.24) is 14.9 Å². The van der Waals surface area contributed by atoms with E-state index >= 15 is 0 Å². The predicted octanol–water partition coefficient (Wildman–Crippen LogP) is 0.0452. The van der Waals surface area contributed by atoms with Gasteiger partial charge in [0, 0.05) is 38.3 Å². The molecule has 8 heteroatoms. The number of hydrogen-bond acceptors (Lipinski definition) is 5. The molecule has 1 atom stereocenters. The van der Waals surface area contributed by atoms with Gasteiger partial charge in [-0.2, -0.15) is 0 Å². The standard InChI is InChI=1S/C15H23N3O4S/c1-12(18-7-9-22-10-8-18)11-17-23(20,21)14-5-3-13(4-6-14)15(19)16-2/h3-6,12,17H,7-11H2,1-2H3,(H,16,19). The van der Waals surface area contributed by atoms with Gasteiger partial charge in [-0.3, -0.25) is 9.69 Å². The highest BCUT2D eigenvalue weighted by atomic mass is 32.2. The van der Waals surface area contributed by atoms with Crippen molar-refractivity contribution in [2.24, 2.45) is 0 Å². The lowest BCUT2D eigenvalue weighted by atomic mass is 10.2. The number of nitrogens with zero attached hydrogens (tertiary/aromatic N) is 1. The first-order valence-electron chi connectivity index (χ1n) is 7.57. The summed E-state index contributed by atoms with van der Waals surface area (Å²) in [6.07, 6.45) is 0. The van der Waals surface area contributed by atoms with E-state index in [1.165, 1.54) is 31.3 Å². The Morgan fingerprint density at radius 2 is 1.87 bits per heavy atom. The lowest BCUT2D eigenvalue weighted by Gasteiger charge is -2.32. The Morgan fingerprint density at radius 3 is 2.43 bits per heavy atom. The number of rotatable bonds is 6. The summed E-state index contributed by atoms with van der Waals surface area (Å²) in [5.74, 6) is -0.247. The SMILES string of the molecule is CNC(=O)c1ccc(S(=O)(=O)NCC(C)N2CCOCC2)cc1. The fourth-order valence-electron chi connectivity index (χ4n) is 2.39. The topological polar surface area (TPSA) is 87.7 Å². The molecule has 0 saturated carbocycles. The van der Waals surface area contributed by atoms with Crippen LogP contribution in [-0.4, -0.2) is 65.2 Å². The third-order valence-corrected chi connectivity index (χ3v) is 5.33. The van der Waals surface area contributed by atoms with Crippen molar-refractivity contribution in [3.63, 3.8) is 0 Å². The molecule has 0 radical (unpaired) electrons. The summed E-state index contributed by atoms with van der Waals surface area (Å²) in [7, 11) is -2.05. The molecule has 1 unspecified atom stereocenters. The molecule has 128 valence electrons. The first-order valence-corrected chi connectivity index (χ1v) is 9.06. The van der Waals surface area contributed by atoms with Crippen molar-refractivity contribution in [3.8, 4) is 0 Å². The maximum absolute atomic E-state index is 12.3. The number of amides is 1. The van der Waals surface area contributed by atoms with Crippen molar-refractivity contribution in [3.05, 3.63) is 29.8 Å². The summed E-state index contributed by atoms with van der Waals surface area (Å²) in [5, 5.41) is 2.50. The van der Waals surface area contributed by atoms with Crippen molar-refractivity contribution in [1.29, 1.82) is 0 Å². The molecule has 1 heterocycles. The smallest absolute Gasteiger partial charge is 0.251 e. The number of benzene rings is 1. The van der Waals surface area contributed by atoms with E-state index in [0.29, 0.717) is 25.3 Å². The quantitative estimate of drug-likeness (QED) is 0.763. The molecule has 0 bridgehead atoms. The second kappa shape index (κ2) is 7.87. The van der Waals surface area contributed by atoms with Gasteiger partial charge in [0.05, 0.1) is 18.1 Å². The molecule has 23 heavy (non-hydrogen) atoms. The summed E-state index contributed by atoms with van der Waals surface area (Å²) in [5.41, 5.74) is 0.424.